The lowest BCUT2D eigenvalue weighted by Crippen LogP contribution is -2.54. The molecule has 0 aromatic rings. The van der Waals surface area contributed by atoms with E-state index >= 15 is 0 Å². The molecule has 4 aliphatic carbocycles. The van der Waals surface area contributed by atoms with Crippen LogP contribution in [0.4, 0.5) is 0 Å². The van der Waals surface area contributed by atoms with E-state index in [1.165, 1.54) is 18.8 Å². The maximum atomic E-state index is 12.2. The molecule has 1 saturated heterocycles. The van der Waals surface area contributed by atoms with Crippen molar-refractivity contribution in [3.63, 3.8) is 0 Å². The normalized spacial score (nSPS) is 47.4. The Morgan fingerprint density at radius 2 is 1.90 bits per heavy atom. The second-order valence-electron chi connectivity index (χ2n) is 10.4. The average Bonchev–Trinajstić information content (AvgIpc) is 3.22. The first-order valence-corrected chi connectivity index (χ1v) is 11.7. The molecular weight excluding hydrogens is 396 g/mol. The van der Waals surface area contributed by atoms with Gasteiger partial charge in [-0.05, 0) is 74.7 Å². The summed E-state index contributed by atoms with van der Waals surface area (Å²) >= 11 is 0. The van der Waals surface area contributed by atoms with E-state index in [2.05, 4.69) is 6.92 Å². The number of rotatable bonds is 2. The molecule has 5 aliphatic rings. The van der Waals surface area contributed by atoms with Crippen LogP contribution < -0.4 is 0 Å². The van der Waals surface area contributed by atoms with Crippen molar-refractivity contribution in [2.24, 2.45) is 29.1 Å². The molecule has 1 heterocycles. The van der Waals surface area contributed by atoms with Crippen LogP contribution in [0.25, 0.3) is 0 Å². The minimum absolute atomic E-state index is 0.143. The lowest BCUT2D eigenvalue weighted by atomic mass is 9.50. The van der Waals surface area contributed by atoms with E-state index in [-0.39, 0.29) is 5.41 Å². The molecule has 0 amide bonds. The van der Waals surface area contributed by atoms with Gasteiger partial charge < -0.3 is 18.9 Å². The van der Waals surface area contributed by atoms with Crippen LogP contribution in [0.15, 0.2) is 23.5 Å². The van der Waals surface area contributed by atoms with Crippen molar-refractivity contribution in [3.05, 3.63) is 23.5 Å². The Bertz CT molecular complexity index is 860. The van der Waals surface area contributed by atoms with E-state index in [1.54, 1.807) is 14.0 Å². The summed E-state index contributed by atoms with van der Waals surface area (Å²) in [5.41, 5.74) is 0.573. The topological polar surface area (TPSA) is 71.1 Å². The number of ketones is 1. The summed E-state index contributed by atoms with van der Waals surface area (Å²) in [6.07, 6.45) is 11.3. The van der Waals surface area contributed by atoms with Gasteiger partial charge in [0.2, 0.25) is 0 Å². The molecule has 0 aromatic carbocycles. The molecule has 4 fully saturated rings. The summed E-state index contributed by atoms with van der Waals surface area (Å²) in [5.74, 6) is 1.53. The molecule has 0 N–H and O–H groups in total. The van der Waals surface area contributed by atoms with Crippen LogP contribution in [0.3, 0.4) is 0 Å². The highest BCUT2D eigenvalue weighted by molar-refractivity contribution is 5.91. The third-order valence-corrected chi connectivity index (χ3v) is 9.29. The zero-order valence-electron chi connectivity index (χ0n) is 19.1. The minimum Gasteiger partial charge on any atom is -0.466 e. The predicted octanol–water partition coefficient (Wildman–Crippen LogP) is 4.29. The predicted molar refractivity (Wildman–Crippen MR) is 113 cm³/mol. The highest BCUT2D eigenvalue weighted by Crippen LogP contribution is 2.69. The van der Waals surface area contributed by atoms with Crippen molar-refractivity contribution in [1.82, 2.24) is 0 Å². The number of ether oxygens (including phenoxy) is 4. The third kappa shape index (κ3) is 2.97. The van der Waals surface area contributed by atoms with E-state index in [0.717, 1.165) is 44.9 Å². The Balaban J connectivity index is 1.50. The SMILES string of the molecule is COC(=O)/C=C1\OC(C)(OC)OC12CCC1C3CCC4=CC(=O)CCC4C3CCC12C. The van der Waals surface area contributed by atoms with E-state index in [4.69, 9.17) is 18.9 Å². The maximum absolute atomic E-state index is 12.2. The van der Waals surface area contributed by atoms with Crippen LogP contribution in [0.2, 0.25) is 0 Å². The van der Waals surface area contributed by atoms with Gasteiger partial charge in [-0.3, -0.25) is 4.79 Å². The second-order valence-corrected chi connectivity index (χ2v) is 10.4. The van der Waals surface area contributed by atoms with Crippen LogP contribution in [-0.2, 0) is 28.5 Å². The summed E-state index contributed by atoms with van der Waals surface area (Å²) in [5, 5.41) is 0. The number of hydrogen-bond acceptors (Lipinski definition) is 6. The molecule has 7 atom stereocenters. The molecule has 3 saturated carbocycles. The second kappa shape index (κ2) is 7.17. The molecule has 0 bridgehead atoms. The minimum atomic E-state index is -1.21. The van der Waals surface area contributed by atoms with E-state index < -0.39 is 17.5 Å². The van der Waals surface area contributed by atoms with Gasteiger partial charge in [0, 0.05) is 25.9 Å². The van der Waals surface area contributed by atoms with E-state index in [1.807, 2.05) is 6.08 Å². The van der Waals surface area contributed by atoms with Crippen LogP contribution in [0.1, 0.15) is 65.2 Å². The first-order chi connectivity index (χ1) is 14.7. The first-order valence-electron chi connectivity index (χ1n) is 11.7. The quantitative estimate of drug-likeness (QED) is 0.481. The lowest BCUT2D eigenvalue weighted by Gasteiger charge is -2.55. The van der Waals surface area contributed by atoms with Crippen LogP contribution >= 0.6 is 0 Å². The van der Waals surface area contributed by atoms with Crippen LogP contribution in [0, 0.1) is 29.1 Å². The number of fused-ring (bicyclic) bond motifs is 6. The van der Waals surface area contributed by atoms with E-state index in [9.17, 15) is 9.59 Å². The lowest BCUT2D eigenvalue weighted by molar-refractivity contribution is -0.331. The van der Waals surface area contributed by atoms with Gasteiger partial charge in [0.1, 0.15) is 11.4 Å². The van der Waals surface area contributed by atoms with Crippen molar-refractivity contribution in [3.8, 4) is 0 Å². The van der Waals surface area contributed by atoms with Gasteiger partial charge in [-0.25, -0.2) is 4.79 Å². The third-order valence-electron chi connectivity index (χ3n) is 9.29. The van der Waals surface area contributed by atoms with Crippen molar-refractivity contribution in [2.45, 2.75) is 76.8 Å². The zero-order valence-corrected chi connectivity index (χ0v) is 19.1. The number of carbonyl (C=O) groups is 2. The van der Waals surface area contributed by atoms with Crippen molar-refractivity contribution in [1.29, 1.82) is 0 Å². The van der Waals surface area contributed by atoms with Gasteiger partial charge in [-0.15, -0.1) is 0 Å². The van der Waals surface area contributed by atoms with Gasteiger partial charge in [0.15, 0.2) is 5.78 Å². The first kappa shape index (κ1) is 21.2. The van der Waals surface area contributed by atoms with E-state index in [0.29, 0.717) is 41.6 Å². The van der Waals surface area contributed by atoms with Crippen molar-refractivity contribution in [2.75, 3.05) is 14.2 Å². The van der Waals surface area contributed by atoms with Gasteiger partial charge in [0.25, 0.3) is 0 Å². The molecule has 5 rings (SSSR count). The molecule has 6 heteroatoms. The Hall–Kier alpha value is -1.66. The highest BCUT2D eigenvalue weighted by Gasteiger charge is 2.70. The zero-order chi connectivity index (χ0) is 22.0. The van der Waals surface area contributed by atoms with Gasteiger partial charge in [0.05, 0.1) is 13.2 Å². The molecular formula is C25H34O6. The number of esters is 1. The van der Waals surface area contributed by atoms with Gasteiger partial charge >= 0.3 is 11.9 Å². The molecule has 31 heavy (non-hydrogen) atoms. The summed E-state index contributed by atoms with van der Waals surface area (Å²) in [6.45, 7) is 4.10. The van der Waals surface area contributed by atoms with Crippen molar-refractivity contribution >= 4 is 11.8 Å². The largest absolute Gasteiger partial charge is 0.466 e. The fourth-order valence-electron chi connectivity index (χ4n) is 7.82. The molecule has 1 spiro atoms. The maximum Gasteiger partial charge on any atom is 0.333 e. The molecule has 7 unspecified atom stereocenters. The molecule has 1 aliphatic heterocycles. The average molecular weight is 431 g/mol. The highest BCUT2D eigenvalue weighted by atomic mass is 16.9. The number of methoxy groups -OCH3 is 2. The monoisotopic (exact) mass is 430 g/mol. The molecule has 0 radical (unpaired) electrons. The van der Waals surface area contributed by atoms with Crippen LogP contribution in [0.5, 0.6) is 0 Å². The standard InChI is InChI=1S/C25H34O6/c1-23-11-9-18-17-8-6-16(26)13-15(17)5-7-19(18)20(23)10-12-25(23)21(14-22(27)28-3)30-24(2,29-4)31-25/h13-14,17-20H,5-12H2,1-4H3/b21-14-. The Morgan fingerprint density at radius 3 is 2.65 bits per heavy atom. The summed E-state index contributed by atoms with van der Waals surface area (Å²) in [7, 11) is 2.95. The number of allylic oxidation sites excluding steroid dienone is 1. The Kier molecular flexibility index (Phi) is 4.91. The summed E-state index contributed by atoms with van der Waals surface area (Å²) in [4.78, 5) is 24.1. The fraction of sp³-hybridized carbons (Fsp3) is 0.760. The summed E-state index contributed by atoms with van der Waals surface area (Å²) < 4.78 is 23.2. The smallest absolute Gasteiger partial charge is 0.333 e. The Morgan fingerprint density at radius 1 is 1.10 bits per heavy atom. The molecule has 6 nitrogen and oxygen atoms in total. The summed E-state index contributed by atoms with van der Waals surface area (Å²) in [6, 6.07) is 0. The van der Waals surface area contributed by atoms with Crippen molar-refractivity contribution < 1.29 is 28.5 Å². The van der Waals surface area contributed by atoms with Gasteiger partial charge in [-0.1, -0.05) is 12.5 Å². The number of carbonyl (C=O) groups excluding carboxylic acids is 2. The Labute approximate surface area is 184 Å². The fourth-order valence-corrected chi connectivity index (χ4v) is 7.82. The molecule has 170 valence electrons. The molecule has 0 aromatic heterocycles. The van der Waals surface area contributed by atoms with Gasteiger partial charge in [-0.2, -0.15) is 0 Å². The van der Waals surface area contributed by atoms with Crippen LogP contribution in [-0.4, -0.2) is 37.5 Å². The number of hydrogen-bond donors (Lipinski definition) is 0.